The molecule has 1 saturated heterocycles. The third kappa shape index (κ3) is 4.88. The van der Waals surface area contributed by atoms with Crippen molar-refractivity contribution >= 4 is 29.2 Å². The van der Waals surface area contributed by atoms with Gasteiger partial charge in [0.05, 0.1) is 13.2 Å². The molecule has 1 fully saturated rings. The van der Waals surface area contributed by atoms with Gasteiger partial charge in [-0.2, -0.15) is 4.99 Å². The molecule has 0 aromatic carbocycles. The highest BCUT2D eigenvalue weighted by atomic mass is 32.1. The first kappa shape index (κ1) is 16.6. The fourth-order valence-corrected chi connectivity index (χ4v) is 2.35. The summed E-state index contributed by atoms with van der Waals surface area (Å²) in [5.74, 6) is 1.18. The first-order valence-corrected chi connectivity index (χ1v) is 7.78. The van der Waals surface area contributed by atoms with Crippen LogP contribution in [-0.2, 0) is 4.74 Å². The van der Waals surface area contributed by atoms with E-state index in [2.05, 4.69) is 30.5 Å². The van der Waals surface area contributed by atoms with Gasteiger partial charge in [0, 0.05) is 31.0 Å². The Bertz CT molecular complexity index is 536. The summed E-state index contributed by atoms with van der Waals surface area (Å²) in [6.45, 7) is 9.44. The molecule has 0 radical (unpaired) electrons. The highest BCUT2D eigenvalue weighted by Gasteiger charge is 2.17. The Kier molecular flexibility index (Phi) is 6.02. The fraction of sp³-hybridized carbons (Fsp3) is 0.571. The Labute approximate surface area is 136 Å². The highest BCUT2D eigenvalue weighted by molar-refractivity contribution is 7.80. The van der Waals surface area contributed by atoms with Gasteiger partial charge in [0.2, 0.25) is 11.9 Å². The lowest BCUT2D eigenvalue weighted by molar-refractivity contribution is 0.0680. The molecule has 2 N–H and O–H groups in total. The Morgan fingerprint density at radius 2 is 1.95 bits per heavy atom. The van der Waals surface area contributed by atoms with Crippen molar-refractivity contribution in [3.05, 3.63) is 17.5 Å². The molecule has 1 aliphatic heterocycles. The minimum Gasteiger partial charge on any atom is -0.378 e. The van der Waals surface area contributed by atoms with Crippen LogP contribution >= 0.6 is 12.2 Å². The Hall–Kier alpha value is -1.80. The monoisotopic (exact) mass is 322 g/mol. The number of nitrogens with one attached hydrogen (secondary N) is 2. The second kappa shape index (κ2) is 8.00. The molecule has 0 unspecified atom stereocenters. The van der Waals surface area contributed by atoms with Gasteiger partial charge in [0.25, 0.3) is 0 Å². The minimum absolute atomic E-state index is 0.445. The van der Waals surface area contributed by atoms with Crippen LogP contribution in [-0.4, -0.2) is 58.8 Å². The van der Waals surface area contributed by atoms with Crippen molar-refractivity contribution in [1.82, 2.24) is 20.2 Å². The molecule has 8 heteroatoms. The first-order chi connectivity index (χ1) is 10.6. The van der Waals surface area contributed by atoms with E-state index in [1.54, 1.807) is 0 Å². The molecule has 7 nitrogen and oxygen atoms in total. The lowest BCUT2D eigenvalue weighted by Gasteiger charge is -2.29. The van der Waals surface area contributed by atoms with Crippen molar-refractivity contribution in [3.8, 4) is 0 Å². The Morgan fingerprint density at radius 1 is 1.32 bits per heavy atom. The van der Waals surface area contributed by atoms with Crippen LogP contribution < -0.4 is 10.6 Å². The first-order valence-electron chi connectivity index (χ1n) is 7.37. The summed E-state index contributed by atoms with van der Waals surface area (Å²) >= 11 is 5.23. The molecule has 0 spiro atoms. The number of hydrogen-bond donors (Lipinski definition) is 2. The van der Waals surface area contributed by atoms with E-state index >= 15 is 0 Å². The molecule has 0 saturated carbocycles. The summed E-state index contributed by atoms with van der Waals surface area (Å²) in [6.07, 6.45) is 0. The Balaban J connectivity index is 2.21. The van der Waals surface area contributed by atoms with Crippen LogP contribution in [0.4, 0.5) is 5.95 Å². The zero-order chi connectivity index (χ0) is 15.9. The lowest BCUT2D eigenvalue weighted by atomic mass is 10.4. The molecule has 0 aliphatic carbocycles. The number of aryl methyl sites for hydroxylation is 2. The summed E-state index contributed by atoms with van der Waals surface area (Å²) in [6, 6.07) is 1.93. The third-order valence-corrected chi connectivity index (χ3v) is 3.29. The van der Waals surface area contributed by atoms with Gasteiger partial charge in [-0.15, -0.1) is 0 Å². The topological polar surface area (TPSA) is 74.7 Å². The van der Waals surface area contributed by atoms with Crippen molar-refractivity contribution in [2.24, 2.45) is 4.99 Å². The predicted molar refractivity (Wildman–Crippen MR) is 91.2 cm³/mol. The van der Waals surface area contributed by atoms with E-state index in [0.717, 1.165) is 31.0 Å². The van der Waals surface area contributed by atoms with Crippen LogP contribution in [0.5, 0.6) is 0 Å². The van der Waals surface area contributed by atoms with Gasteiger partial charge < -0.3 is 15.0 Å². The number of guanidine groups is 1. The summed E-state index contributed by atoms with van der Waals surface area (Å²) in [7, 11) is 0. The maximum absolute atomic E-state index is 5.39. The number of nitrogens with zero attached hydrogens (tertiary/aromatic N) is 4. The summed E-state index contributed by atoms with van der Waals surface area (Å²) in [4.78, 5) is 15.3. The van der Waals surface area contributed by atoms with Crippen LogP contribution in [0.2, 0.25) is 0 Å². The van der Waals surface area contributed by atoms with E-state index in [1.165, 1.54) is 0 Å². The van der Waals surface area contributed by atoms with Gasteiger partial charge in [0.15, 0.2) is 5.11 Å². The molecule has 2 heterocycles. The van der Waals surface area contributed by atoms with Crippen LogP contribution in [0.3, 0.4) is 0 Å². The molecule has 22 heavy (non-hydrogen) atoms. The molecule has 0 amide bonds. The minimum atomic E-state index is 0.445. The molecule has 0 atom stereocenters. The van der Waals surface area contributed by atoms with E-state index in [0.29, 0.717) is 30.2 Å². The van der Waals surface area contributed by atoms with Crippen LogP contribution in [0.25, 0.3) is 0 Å². The van der Waals surface area contributed by atoms with Crippen molar-refractivity contribution in [3.63, 3.8) is 0 Å². The maximum atomic E-state index is 5.39. The van der Waals surface area contributed by atoms with Crippen LogP contribution in [0.1, 0.15) is 18.3 Å². The smallest absolute Gasteiger partial charge is 0.229 e. The molecule has 1 aliphatic rings. The molecular formula is C14H22N6OS. The SMILES string of the molecule is CCNC(=S)/N=C(/Nc1nc(C)cc(C)n1)N1CCOCC1. The normalized spacial score (nSPS) is 15.6. The zero-order valence-electron chi connectivity index (χ0n) is 13.2. The fourth-order valence-electron chi connectivity index (χ4n) is 2.12. The number of hydrogen-bond acceptors (Lipinski definition) is 4. The van der Waals surface area contributed by atoms with Crippen LogP contribution in [0.15, 0.2) is 11.1 Å². The van der Waals surface area contributed by atoms with Crippen LogP contribution in [0, 0.1) is 13.8 Å². The van der Waals surface area contributed by atoms with Gasteiger partial charge in [-0.1, -0.05) is 0 Å². The van der Waals surface area contributed by atoms with Gasteiger partial charge in [-0.25, -0.2) is 9.97 Å². The zero-order valence-corrected chi connectivity index (χ0v) is 14.0. The summed E-state index contributed by atoms with van der Waals surface area (Å²) in [5.41, 5.74) is 1.82. The van der Waals surface area contributed by atoms with E-state index in [1.807, 2.05) is 26.8 Å². The van der Waals surface area contributed by atoms with Crippen molar-refractivity contribution < 1.29 is 4.74 Å². The summed E-state index contributed by atoms with van der Waals surface area (Å²) in [5, 5.41) is 6.66. The van der Waals surface area contributed by atoms with Gasteiger partial charge in [0.1, 0.15) is 0 Å². The van der Waals surface area contributed by atoms with E-state index in [4.69, 9.17) is 17.0 Å². The number of thiocarbonyl (C=S) groups is 1. The lowest BCUT2D eigenvalue weighted by Crippen LogP contribution is -2.45. The second-order valence-corrected chi connectivity index (χ2v) is 5.36. The number of morpholine rings is 1. The standard InChI is InChI=1S/C14H22N6OS/c1-4-15-14(22)19-13(20-5-7-21-8-6-20)18-12-16-10(2)9-11(3)17-12/h9H,4-8H2,1-3H3,(H2,15,16,17,18,19,22). The van der Waals surface area contributed by atoms with Crippen molar-refractivity contribution in [1.29, 1.82) is 0 Å². The number of aliphatic imine (C=N–C) groups is 1. The maximum Gasteiger partial charge on any atom is 0.229 e. The molecular weight excluding hydrogens is 300 g/mol. The van der Waals surface area contributed by atoms with Crippen molar-refractivity contribution in [2.45, 2.75) is 20.8 Å². The quantitative estimate of drug-likeness (QED) is 0.479. The molecule has 0 bridgehead atoms. The highest BCUT2D eigenvalue weighted by Crippen LogP contribution is 2.07. The molecule has 1 aromatic heterocycles. The summed E-state index contributed by atoms with van der Waals surface area (Å²) < 4.78 is 5.39. The average molecular weight is 322 g/mol. The van der Waals surface area contributed by atoms with Gasteiger partial charge in [-0.3, -0.25) is 5.32 Å². The Morgan fingerprint density at radius 3 is 2.55 bits per heavy atom. The third-order valence-electron chi connectivity index (χ3n) is 3.05. The number of aromatic nitrogens is 2. The number of anilines is 1. The number of rotatable bonds is 2. The average Bonchev–Trinajstić information content (AvgIpc) is 2.47. The second-order valence-electron chi connectivity index (χ2n) is 4.97. The predicted octanol–water partition coefficient (Wildman–Crippen LogP) is 1.09. The van der Waals surface area contributed by atoms with E-state index < -0.39 is 0 Å². The largest absolute Gasteiger partial charge is 0.378 e. The number of ether oxygens (including phenoxy) is 1. The van der Waals surface area contributed by atoms with E-state index in [9.17, 15) is 0 Å². The van der Waals surface area contributed by atoms with E-state index in [-0.39, 0.29) is 0 Å². The van der Waals surface area contributed by atoms with Gasteiger partial charge in [-0.05, 0) is 39.1 Å². The van der Waals surface area contributed by atoms with Crippen molar-refractivity contribution in [2.75, 3.05) is 38.2 Å². The molecule has 120 valence electrons. The van der Waals surface area contributed by atoms with Gasteiger partial charge >= 0.3 is 0 Å². The molecule has 2 rings (SSSR count). The molecule has 1 aromatic rings.